The summed E-state index contributed by atoms with van der Waals surface area (Å²) in [6.45, 7) is 3.23. The second-order valence-corrected chi connectivity index (χ2v) is 6.95. The predicted octanol–water partition coefficient (Wildman–Crippen LogP) is 3.61. The number of benzene rings is 1. The molecule has 3 atom stereocenters. The van der Waals surface area contributed by atoms with Gasteiger partial charge in [0, 0.05) is 23.0 Å². The maximum absolute atomic E-state index is 12.7. The largest absolute Gasteiger partial charge is 0.522 e. The van der Waals surface area contributed by atoms with Crippen LogP contribution in [0, 0.1) is 0 Å². The first-order valence-electron chi connectivity index (χ1n) is 8.36. The Morgan fingerprint density at radius 2 is 2.15 bits per heavy atom. The monoisotopic (exact) mass is 402 g/mol. The number of amides is 1. The van der Waals surface area contributed by atoms with E-state index in [1.54, 1.807) is 32.0 Å². The second kappa shape index (κ2) is 7.47. The Morgan fingerprint density at radius 1 is 1.41 bits per heavy atom. The van der Waals surface area contributed by atoms with E-state index in [9.17, 15) is 18.0 Å². The molecule has 0 saturated carbocycles. The lowest BCUT2D eigenvalue weighted by Gasteiger charge is -2.26. The maximum Gasteiger partial charge on any atom is 0.522 e. The van der Waals surface area contributed by atoms with Gasteiger partial charge in [0.1, 0.15) is 18.2 Å². The van der Waals surface area contributed by atoms with E-state index in [1.807, 2.05) is 0 Å². The molecule has 1 N–H and O–H groups in total. The minimum Gasteiger partial charge on any atom is -0.358 e. The number of carbonyl (C=O) groups excluding carboxylic acids is 1. The van der Waals surface area contributed by atoms with Crippen LogP contribution in [0.15, 0.2) is 24.5 Å². The van der Waals surface area contributed by atoms with Crippen molar-refractivity contribution in [3.05, 3.63) is 29.5 Å². The highest BCUT2D eigenvalue weighted by atomic mass is 35.5. The van der Waals surface area contributed by atoms with Crippen molar-refractivity contribution in [2.24, 2.45) is 0 Å². The Kier molecular flexibility index (Phi) is 5.43. The van der Waals surface area contributed by atoms with Crippen molar-refractivity contribution in [2.75, 3.05) is 11.9 Å². The fraction of sp³-hybridized carbons (Fsp3) is 0.471. The van der Waals surface area contributed by atoms with Crippen LogP contribution in [0.1, 0.15) is 20.3 Å². The Labute approximate surface area is 158 Å². The van der Waals surface area contributed by atoms with Gasteiger partial charge in [-0.1, -0.05) is 11.6 Å². The average Bonchev–Trinajstić information content (AvgIpc) is 2.92. The van der Waals surface area contributed by atoms with E-state index in [2.05, 4.69) is 20.0 Å². The molecule has 1 saturated heterocycles. The van der Waals surface area contributed by atoms with Crippen LogP contribution in [0.4, 0.5) is 19.0 Å². The topological polar surface area (TPSA) is 67.4 Å². The molecule has 0 spiro atoms. The van der Waals surface area contributed by atoms with Gasteiger partial charge in [0.25, 0.3) is 0 Å². The second-order valence-electron chi connectivity index (χ2n) is 6.51. The number of nitrogens with zero attached hydrogens (tertiary/aromatic N) is 3. The fourth-order valence-corrected chi connectivity index (χ4v) is 3.39. The van der Waals surface area contributed by atoms with Crippen molar-refractivity contribution in [1.29, 1.82) is 0 Å². The summed E-state index contributed by atoms with van der Waals surface area (Å²) in [6, 6.07) is 4.06. The van der Waals surface area contributed by atoms with Gasteiger partial charge in [-0.3, -0.25) is 9.53 Å². The van der Waals surface area contributed by atoms with Crippen molar-refractivity contribution < 1.29 is 22.7 Å². The van der Waals surface area contributed by atoms with Gasteiger partial charge in [-0.25, -0.2) is 9.97 Å². The molecule has 1 amide bonds. The van der Waals surface area contributed by atoms with E-state index in [-0.39, 0.29) is 24.9 Å². The number of ether oxygens (including phenoxy) is 1. The molecule has 10 heteroatoms. The smallest absolute Gasteiger partial charge is 0.358 e. The fourth-order valence-electron chi connectivity index (χ4n) is 3.22. The van der Waals surface area contributed by atoms with Crippen molar-refractivity contribution in [3.63, 3.8) is 0 Å². The van der Waals surface area contributed by atoms with Gasteiger partial charge < -0.3 is 10.2 Å². The Balaban J connectivity index is 1.71. The SMILES string of the molecule is C[C@@H](Nc1ncnc2cc(Cl)ccc12)C(=O)N1CC(OC(F)(F)F)C[C@@H]1C. The van der Waals surface area contributed by atoms with E-state index in [0.717, 1.165) is 0 Å². The van der Waals surface area contributed by atoms with Crippen LogP contribution in [0.3, 0.4) is 0 Å². The Hall–Kier alpha value is -2.13. The molecule has 1 fully saturated rings. The quantitative estimate of drug-likeness (QED) is 0.846. The van der Waals surface area contributed by atoms with E-state index in [1.165, 1.54) is 11.2 Å². The highest BCUT2D eigenvalue weighted by Gasteiger charge is 2.41. The summed E-state index contributed by atoms with van der Waals surface area (Å²) in [5.74, 6) is 0.129. The molecule has 2 heterocycles. The summed E-state index contributed by atoms with van der Waals surface area (Å²) in [7, 11) is 0. The highest BCUT2D eigenvalue weighted by Crippen LogP contribution is 2.28. The minimum absolute atomic E-state index is 0.105. The molecule has 0 radical (unpaired) electrons. The number of halogens is 4. The molecule has 1 aliphatic heterocycles. The normalized spacial score (nSPS) is 21.5. The summed E-state index contributed by atoms with van der Waals surface area (Å²) in [5, 5.41) is 4.23. The van der Waals surface area contributed by atoms with E-state index >= 15 is 0 Å². The maximum atomic E-state index is 12.7. The molecule has 1 aromatic heterocycles. The predicted molar refractivity (Wildman–Crippen MR) is 94.4 cm³/mol. The van der Waals surface area contributed by atoms with Crippen LogP contribution in [-0.4, -0.2) is 51.9 Å². The zero-order valence-electron chi connectivity index (χ0n) is 14.6. The van der Waals surface area contributed by atoms with Crippen LogP contribution in [-0.2, 0) is 9.53 Å². The van der Waals surface area contributed by atoms with Gasteiger partial charge in [0.2, 0.25) is 5.91 Å². The molecule has 3 rings (SSSR count). The van der Waals surface area contributed by atoms with Crippen LogP contribution in [0.5, 0.6) is 0 Å². The molecule has 0 bridgehead atoms. The number of carbonyl (C=O) groups is 1. The number of hydrogen-bond donors (Lipinski definition) is 1. The molecular weight excluding hydrogens is 385 g/mol. The molecule has 6 nitrogen and oxygen atoms in total. The van der Waals surface area contributed by atoms with Gasteiger partial charge in [-0.05, 0) is 38.5 Å². The van der Waals surface area contributed by atoms with Crippen molar-refractivity contribution in [1.82, 2.24) is 14.9 Å². The molecule has 146 valence electrons. The Bertz CT molecular complexity index is 849. The summed E-state index contributed by atoms with van der Waals surface area (Å²) >= 11 is 5.96. The number of fused-ring (bicyclic) bond motifs is 1. The molecular formula is C17H18ClF3N4O2. The molecule has 1 aromatic carbocycles. The minimum atomic E-state index is -4.71. The average molecular weight is 403 g/mol. The molecule has 2 aromatic rings. The van der Waals surface area contributed by atoms with Gasteiger partial charge >= 0.3 is 6.36 Å². The van der Waals surface area contributed by atoms with Gasteiger partial charge in [-0.2, -0.15) is 0 Å². The van der Waals surface area contributed by atoms with Gasteiger partial charge in [0.15, 0.2) is 0 Å². The summed E-state index contributed by atoms with van der Waals surface area (Å²) in [6.07, 6.45) is -4.29. The number of hydrogen-bond acceptors (Lipinski definition) is 5. The summed E-state index contributed by atoms with van der Waals surface area (Å²) in [4.78, 5) is 22.4. The lowest BCUT2D eigenvalue weighted by Crippen LogP contribution is -2.43. The number of aromatic nitrogens is 2. The molecule has 1 unspecified atom stereocenters. The zero-order chi connectivity index (χ0) is 19.8. The lowest BCUT2D eigenvalue weighted by molar-refractivity contribution is -0.340. The number of rotatable bonds is 4. The number of nitrogens with one attached hydrogen (secondary N) is 1. The number of likely N-dealkylation sites (tertiary alicyclic amines) is 1. The Morgan fingerprint density at radius 3 is 2.85 bits per heavy atom. The molecule has 27 heavy (non-hydrogen) atoms. The number of alkyl halides is 3. The first-order valence-corrected chi connectivity index (χ1v) is 8.73. The van der Waals surface area contributed by atoms with E-state index in [4.69, 9.17) is 11.6 Å². The molecule has 0 aliphatic carbocycles. The highest BCUT2D eigenvalue weighted by molar-refractivity contribution is 6.31. The van der Waals surface area contributed by atoms with Crippen LogP contribution >= 0.6 is 11.6 Å². The molecule has 1 aliphatic rings. The first kappa shape index (κ1) is 19.6. The number of anilines is 1. The van der Waals surface area contributed by atoms with Gasteiger partial charge in [0.05, 0.1) is 11.6 Å². The van der Waals surface area contributed by atoms with Crippen LogP contribution in [0.25, 0.3) is 10.9 Å². The third kappa shape index (κ3) is 4.59. The third-order valence-corrected chi connectivity index (χ3v) is 4.68. The lowest BCUT2D eigenvalue weighted by atomic mass is 10.2. The van der Waals surface area contributed by atoms with E-state index < -0.39 is 18.5 Å². The third-order valence-electron chi connectivity index (χ3n) is 4.44. The van der Waals surface area contributed by atoms with E-state index in [0.29, 0.717) is 21.7 Å². The zero-order valence-corrected chi connectivity index (χ0v) is 15.4. The standard InChI is InChI=1S/C17H18ClF3N4O2/c1-9-5-12(27-17(19,20)21)7-25(9)16(26)10(2)24-15-13-4-3-11(18)6-14(13)22-8-23-15/h3-4,6,8-10,12H,5,7H2,1-2H3,(H,22,23,24)/t9-,10+,12?/m0/s1. The van der Waals surface area contributed by atoms with Crippen molar-refractivity contribution in [2.45, 2.75) is 44.8 Å². The first-order chi connectivity index (χ1) is 12.6. The van der Waals surface area contributed by atoms with Crippen LogP contribution in [0.2, 0.25) is 5.02 Å². The summed E-state index contributed by atoms with van der Waals surface area (Å²) < 4.78 is 41.3. The van der Waals surface area contributed by atoms with Crippen molar-refractivity contribution >= 4 is 34.2 Å². The van der Waals surface area contributed by atoms with Crippen molar-refractivity contribution in [3.8, 4) is 0 Å². The summed E-state index contributed by atoms with van der Waals surface area (Å²) in [5.41, 5.74) is 0.618. The van der Waals surface area contributed by atoms with Crippen LogP contribution < -0.4 is 5.32 Å². The van der Waals surface area contributed by atoms with Gasteiger partial charge in [-0.15, -0.1) is 13.2 Å².